The molecule has 5 rings (SSSR count). The van der Waals surface area contributed by atoms with Gasteiger partial charge in [0.15, 0.2) is 0 Å². The van der Waals surface area contributed by atoms with Gasteiger partial charge in [0, 0.05) is 47.2 Å². The van der Waals surface area contributed by atoms with Crippen LogP contribution >= 0.6 is 11.3 Å². The van der Waals surface area contributed by atoms with E-state index in [1.807, 2.05) is 50.2 Å². The van der Waals surface area contributed by atoms with Gasteiger partial charge in [0.05, 0.1) is 10.6 Å². The van der Waals surface area contributed by atoms with Gasteiger partial charge in [0.1, 0.15) is 0 Å². The van der Waals surface area contributed by atoms with Crippen molar-refractivity contribution in [3.8, 4) is 11.3 Å². The van der Waals surface area contributed by atoms with E-state index in [1.165, 1.54) is 23.3 Å². The number of fused-ring (bicyclic) bond motifs is 1. The Bertz CT molecular complexity index is 1460. The Labute approximate surface area is 227 Å². The monoisotopic (exact) mass is 525 g/mol. The number of carbonyl (C=O) groups is 2. The molecule has 1 aliphatic carbocycles. The highest BCUT2D eigenvalue weighted by molar-refractivity contribution is 7.14. The predicted molar refractivity (Wildman–Crippen MR) is 153 cm³/mol. The molecule has 2 aromatic heterocycles. The van der Waals surface area contributed by atoms with Gasteiger partial charge in [0.25, 0.3) is 11.8 Å². The number of amides is 2. The molecule has 8 heteroatoms. The molecule has 0 bridgehead atoms. The maximum atomic E-state index is 13.0. The van der Waals surface area contributed by atoms with E-state index in [4.69, 9.17) is 4.98 Å². The minimum absolute atomic E-state index is 0.0153. The average molecular weight is 526 g/mol. The van der Waals surface area contributed by atoms with E-state index in [9.17, 15) is 9.59 Å². The number of benzene rings is 2. The number of rotatable bonds is 7. The molecule has 0 fully saturated rings. The standard InChI is InChI=1S/C30H31N5O2S/c1-4-35(3)29(37)20-12-14-22(15-13-20)32-30-31-17-16-25(34-30)23-9-7-10-24(19(23)2)33-28(36)27-18-21-8-5-6-11-26(21)38-27/h7,9-10,12-18H,4-6,8,11H2,1-3H3,(H,33,36)(H,31,32,34). The van der Waals surface area contributed by atoms with Crippen molar-refractivity contribution in [3.05, 3.63) is 87.2 Å². The van der Waals surface area contributed by atoms with Gasteiger partial charge in [-0.1, -0.05) is 12.1 Å². The molecule has 0 aliphatic heterocycles. The quantitative estimate of drug-likeness (QED) is 0.288. The first-order chi connectivity index (χ1) is 18.4. The Balaban J connectivity index is 1.32. The first-order valence-corrected chi connectivity index (χ1v) is 13.7. The summed E-state index contributed by atoms with van der Waals surface area (Å²) < 4.78 is 0. The molecule has 0 saturated carbocycles. The molecule has 2 N–H and O–H groups in total. The molecule has 0 radical (unpaired) electrons. The normalized spacial score (nSPS) is 12.5. The number of nitrogens with zero attached hydrogens (tertiary/aromatic N) is 3. The van der Waals surface area contributed by atoms with Crippen LogP contribution in [0.5, 0.6) is 0 Å². The number of aryl methyl sites for hydroxylation is 2. The first kappa shape index (κ1) is 25.6. The lowest BCUT2D eigenvalue weighted by Crippen LogP contribution is -2.26. The molecule has 38 heavy (non-hydrogen) atoms. The van der Waals surface area contributed by atoms with E-state index in [-0.39, 0.29) is 11.8 Å². The van der Waals surface area contributed by atoms with Crippen molar-refractivity contribution in [2.24, 2.45) is 0 Å². The van der Waals surface area contributed by atoms with Crippen LogP contribution in [0, 0.1) is 6.92 Å². The molecule has 0 unspecified atom stereocenters. The maximum absolute atomic E-state index is 13.0. The molecule has 0 saturated heterocycles. The lowest BCUT2D eigenvalue weighted by Gasteiger charge is -2.15. The van der Waals surface area contributed by atoms with Gasteiger partial charge >= 0.3 is 0 Å². The van der Waals surface area contributed by atoms with Crippen molar-refractivity contribution in [1.82, 2.24) is 14.9 Å². The number of thiophene rings is 1. The van der Waals surface area contributed by atoms with Crippen LogP contribution in [0.25, 0.3) is 11.3 Å². The van der Waals surface area contributed by atoms with Gasteiger partial charge in [-0.2, -0.15) is 0 Å². The van der Waals surface area contributed by atoms with Gasteiger partial charge in [-0.05, 0) is 93.1 Å². The zero-order valence-corrected chi connectivity index (χ0v) is 22.7. The van der Waals surface area contributed by atoms with Crippen LogP contribution in [-0.2, 0) is 12.8 Å². The molecular formula is C30H31N5O2S. The third kappa shape index (κ3) is 5.45. The largest absolute Gasteiger partial charge is 0.342 e. The second-order valence-electron chi connectivity index (χ2n) is 9.49. The predicted octanol–water partition coefficient (Wildman–Crippen LogP) is 6.48. The summed E-state index contributed by atoms with van der Waals surface area (Å²) in [6.07, 6.45) is 6.25. The Morgan fingerprint density at radius 2 is 1.84 bits per heavy atom. The first-order valence-electron chi connectivity index (χ1n) is 12.9. The Hall–Kier alpha value is -4.04. The third-order valence-corrected chi connectivity index (χ3v) is 8.18. The highest BCUT2D eigenvalue weighted by Crippen LogP contribution is 2.32. The van der Waals surface area contributed by atoms with Crippen LogP contribution in [0.4, 0.5) is 17.3 Å². The van der Waals surface area contributed by atoms with Crippen molar-refractivity contribution in [3.63, 3.8) is 0 Å². The Morgan fingerprint density at radius 1 is 1.05 bits per heavy atom. The van der Waals surface area contributed by atoms with Crippen LogP contribution in [0.3, 0.4) is 0 Å². The van der Waals surface area contributed by atoms with Gasteiger partial charge in [-0.3, -0.25) is 9.59 Å². The summed E-state index contributed by atoms with van der Waals surface area (Å²) in [4.78, 5) is 38.3. The summed E-state index contributed by atoms with van der Waals surface area (Å²) >= 11 is 1.61. The van der Waals surface area contributed by atoms with Crippen LogP contribution in [0.2, 0.25) is 0 Å². The SMILES string of the molecule is CCN(C)C(=O)c1ccc(Nc2nccc(-c3cccc(NC(=O)c4cc5c(s4)CCCC5)c3C)n2)cc1. The second kappa shape index (κ2) is 11.1. The summed E-state index contributed by atoms with van der Waals surface area (Å²) in [5.74, 6) is 0.366. The number of nitrogens with one attached hydrogen (secondary N) is 2. The number of hydrogen-bond acceptors (Lipinski definition) is 6. The number of hydrogen-bond donors (Lipinski definition) is 2. The number of anilines is 3. The summed E-state index contributed by atoms with van der Waals surface area (Å²) in [7, 11) is 1.78. The van der Waals surface area contributed by atoms with Gasteiger partial charge < -0.3 is 15.5 Å². The molecule has 194 valence electrons. The average Bonchev–Trinajstić information content (AvgIpc) is 3.39. The highest BCUT2D eigenvalue weighted by Gasteiger charge is 2.18. The molecule has 0 atom stereocenters. The maximum Gasteiger partial charge on any atom is 0.265 e. The van der Waals surface area contributed by atoms with Crippen LogP contribution in [-0.4, -0.2) is 40.3 Å². The van der Waals surface area contributed by atoms with Crippen LogP contribution < -0.4 is 10.6 Å². The third-order valence-electron chi connectivity index (χ3n) is 6.94. The van der Waals surface area contributed by atoms with Gasteiger partial charge in [-0.15, -0.1) is 11.3 Å². The van der Waals surface area contributed by atoms with Gasteiger partial charge in [0.2, 0.25) is 5.95 Å². The Kier molecular flexibility index (Phi) is 7.51. The minimum Gasteiger partial charge on any atom is -0.342 e. The molecule has 4 aromatic rings. The van der Waals surface area contributed by atoms with Crippen molar-refractivity contribution in [1.29, 1.82) is 0 Å². The van der Waals surface area contributed by atoms with E-state index < -0.39 is 0 Å². The van der Waals surface area contributed by atoms with E-state index in [2.05, 4.69) is 21.7 Å². The van der Waals surface area contributed by atoms with Crippen LogP contribution in [0.15, 0.2) is 60.8 Å². The number of carbonyl (C=O) groups excluding carboxylic acids is 2. The highest BCUT2D eigenvalue weighted by atomic mass is 32.1. The van der Waals surface area contributed by atoms with E-state index in [0.717, 1.165) is 45.9 Å². The molecule has 2 amide bonds. The molecule has 2 heterocycles. The summed E-state index contributed by atoms with van der Waals surface area (Å²) in [6, 6.07) is 17.0. The topological polar surface area (TPSA) is 87.2 Å². The summed E-state index contributed by atoms with van der Waals surface area (Å²) in [5, 5.41) is 6.33. The summed E-state index contributed by atoms with van der Waals surface area (Å²) in [6.45, 7) is 4.58. The molecular weight excluding hydrogens is 494 g/mol. The van der Waals surface area contributed by atoms with Crippen molar-refractivity contribution in [2.75, 3.05) is 24.2 Å². The number of aromatic nitrogens is 2. The second-order valence-corrected chi connectivity index (χ2v) is 10.6. The fraction of sp³-hybridized carbons (Fsp3) is 0.267. The van der Waals surface area contributed by atoms with Crippen molar-refractivity contribution >= 4 is 40.5 Å². The van der Waals surface area contributed by atoms with E-state index in [0.29, 0.717) is 18.1 Å². The lowest BCUT2D eigenvalue weighted by molar-refractivity contribution is 0.0802. The van der Waals surface area contributed by atoms with E-state index >= 15 is 0 Å². The molecule has 2 aromatic carbocycles. The van der Waals surface area contributed by atoms with Crippen molar-refractivity contribution < 1.29 is 9.59 Å². The minimum atomic E-state index is -0.0678. The van der Waals surface area contributed by atoms with Crippen LogP contribution in [0.1, 0.15) is 55.8 Å². The molecule has 0 spiro atoms. The smallest absolute Gasteiger partial charge is 0.265 e. The Morgan fingerprint density at radius 3 is 2.61 bits per heavy atom. The molecule has 1 aliphatic rings. The zero-order chi connectivity index (χ0) is 26.6. The molecule has 7 nitrogen and oxygen atoms in total. The lowest BCUT2D eigenvalue weighted by atomic mass is 9.99. The zero-order valence-electron chi connectivity index (χ0n) is 21.9. The summed E-state index contributed by atoms with van der Waals surface area (Å²) in [5.41, 5.74) is 6.12. The fourth-order valence-electron chi connectivity index (χ4n) is 4.59. The van der Waals surface area contributed by atoms with Crippen molar-refractivity contribution in [2.45, 2.75) is 39.5 Å². The van der Waals surface area contributed by atoms with Gasteiger partial charge in [-0.25, -0.2) is 9.97 Å². The van der Waals surface area contributed by atoms with E-state index in [1.54, 1.807) is 41.6 Å². The fourth-order valence-corrected chi connectivity index (χ4v) is 5.74.